The Balaban J connectivity index is 1.77. The Morgan fingerprint density at radius 1 is 1.15 bits per heavy atom. The molecular weight excluding hydrogens is 452 g/mol. The second-order valence-electron chi connectivity index (χ2n) is 7.34. The smallest absolute Gasteiger partial charge is 0.235 e. The first-order valence-corrected chi connectivity index (χ1v) is 12.1. The lowest BCUT2D eigenvalue weighted by molar-refractivity contribution is 0.103. The summed E-state index contributed by atoms with van der Waals surface area (Å²) in [7, 11) is -1.99. The number of terminal acetylenes is 1. The number of ketones is 1. The van der Waals surface area contributed by atoms with Crippen LogP contribution in [0.3, 0.4) is 0 Å². The second-order valence-corrected chi connectivity index (χ2v) is 9.52. The summed E-state index contributed by atoms with van der Waals surface area (Å²) in [5.74, 6) is 2.72. The summed E-state index contributed by atoms with van der Waals surface area (Å²) >= 11 is 0. The molecule has 0 fully saturated rings. The van der Waals surface area contributed by atoms with Crippen LogP contribution in [0, 0.1) is 12.3 Å². The molecule has 0 bridgehead atoms. The number of nitrogens with zero attached hydrogens (tertiary/aromatic N) is 4. The van der Waals surface area contributed by atoms with Gasteiger partial charge in [0.15, 0.2) is 11.3 Å². The third-order valence-corrected chi connectivity index (χ3v) is 7.10. The highest BCUT2D eigenvalue weighted by Gasteiger charge is 2.21. The van der Waals surface area contributed by atoms with E-state index in [9.17, 15) is 13.2 Å². The molecule has 9 heteroatoms. The molecule has 0 aliphatic carbocycles. The number of anilines is 1. The van der Waals surface area contributed by atoms with Crippen LogP contribution < -0.4 is 9.04 Å². The van der Waals surface area contributed by atoms with E-state index in [1.807, 2.05) is 6.07 Å². The van der Waals surface area contributed by atoms with Crippen LogP contribution in [-0.4, -0.2) is 48.0 Å². The molecule has 34 heavy (non-hydrogen) atoms. The highest BCUT2D eigenvalue weighted by Crippen LogP contribution is 2.28. The second kappa shape index (κ2) is 9.37. The van der Waals surface area contributed by atoms with Crippen LogP contribution in [0.4, 0.5) is 5.69 Å². The first-order chi connectivity index (χ1) is 16.4. The van der Waals surface area contributed by atoms with E-state index in [0.29, 0.717) is 28.3 Å². The number of sulfonamides is 1. The van der Waals surface area contributed by atoms with Gasteiger partial charge in [-0.2, -0.15) is 0 Å². The quantitative estimate of drug-likeness (QED) is 0.287. The van der Waals surface area contributed by atoms with Crippen molar-refractivity contribution in [3.8, 4) is 29.4 Å². The lowest BCUT2D eigenvalue weighted by atomic mass is 10.1. The van der Waals surface area contributed by atoms with Gasteiger partial charge in [0, 0.05) is 17.3 Å². The third-order valence-electron chi connectivity index (χ3n) is 5.36. The molecule has 0 saturated carbocycles. The molecule has 0 unspecified atom stereocenters. The molecule has 4 rings (SSSR count). The van der Waals surface area contributed by atoms with Gasteiger partial charge in [0.25, 0.3) is 0 Å². The van der Waals surface area contributed by atoms with Gasteiger partial charge in [-0.15, -0.1) is 6.42 Å². The molecular formula is C25H22N4O4S. The van der Waals surface area contributed by atoms with E-state index in [2.05, 4.69) is 15.9 Å². The van der Waals surface area contributed by atoms with Crippen LogP contribution in [0.1, 0.15) is 23.0 Å². The van der Waals surface area contributed by atoms with Gasteiger partial charge in [-0.1, -0.05) is 18.1 Å². The Labute approximate surface area is 197 Å². The van der Waals surface area contributed by atoms with E-state index in [4.69, 9.17) is 11.2 Å². The average Bonchev–Trinajstić information content (AvgIpc) is 3.31. The SMILES string of the molecule is C#CCN(c1cccc(-c2ccnc3c(C(=O)c4ccc(OC)cc4)ncn23)c1)S(=O)(=O)CC. The molecule has 2 heterocycles. The maximum atomic E-state index is 13.1. The molecule has 0 aliphatic heterocycles. The van der Waals surface area contributed by atoms with Gasteiger partial charge in [-0.05, 0) is 49.4 Å². The Morgan fingerprint density at radius 3 is 2.59 bits per heavy atom. The number of rotatable bonds is 8. The largest absolute Gasteiger partial charge is 0.497 e. The van der Waals surface area contributed by atoms with Crippen molar-refractivity contribution in [2.75, 3.05) is 23.7 Å². The van der Waals surface area contributed by atoms with Crippen molar-refractivity contribution in [2.45, 2.75) is 6.92 Å². The lowest BCUT2D eigenvalue weighted by Crippen LogP contribution is -2.32. The molecule has 4 aromatic rings. The number of carbonyl (C=O) groups is 1. The Bertz CT molecular complexity index is 1500. The van der Waals surface area contributed by atoms with E-state index in [0.717, 1.165) is 5.56 Å². The molecule has 8 nitrogen and oxygen atoms in total. The monoisotopic (exact) mass is 474 g/mol. The van der Waals surface area contributed by atoms with Crippen molar-refractivity contribution in [1.82, 2.24) is 14.4 Å². The van der Waals surface area contributed by atoms with Crippen LogP contribution in [0.2, 0.25) is 0 Å². The normalized spacial score (nSPS) is 11.2. The van der Waals surface area contributed by atoms with Gasteiger partial charge in [0.05, 0.1) is 30.8 Å². The van der Waals surface area contributed by atoms with Crippen molar-refractivity contribution in [3.63, 3.8) is 0 Å². The van der Waals surface area contributed by atoms with E-state index in [1.165, 1.54) is 10.6 Å². The average molecular weight is 475 g/mol. The number of ether oxygens (including phenoxy) is 1. The first-order valence-electron chi connectivity index (χ1n) is 10.4. The minimum Gasteiger partial charge on any atom is -0.497 e. The Hall–Kier alpha value is -4.16. The molecule has 2 aromatic carbocycles. The molecule has 0 atom stereocenters. The third kappa shape index (κ3) is 4.23. The van der Waals surface area contributed by atoms with E-state index < -0.39 is 10.0 Å². The fourth-order valence-electron chi connectivity index (χ4n) is 3.58. The number of methoxy groups -OCH3 is 1. The number of fused-ring (bicyclic) bond motifs is 1. The molecule has 0 aliphatic rings. The molecule has 0 saturated heterocycles. The van der Waals surface area contributed by atoms with Crippen molar-refractivity contribution < 1.29 is 17.9 Å². The van der Waals surface area contributed by atoms with Gasteiger partial charge >= 0.3 is 0 Å². The van der Waals surface area contributed by atoms with Crippen LogP contribution >= 0.6 is 0 Å². The molecule has 172 valence electrons. The number of hydrogen-bond donors (Lipinski definition) is 0. The summed E-state index contributed by atoms with van der Waals surface area (Å²) in [4.78, 5) is 21.8. The molecule has 0 amide bonds. The fourth-order valence-corrected chi connectivity index (χ4v) is 4.60. The number of aromatic nitrogens is 3. The molecule has 0 N–H and O–H groups in total. The predicted octanol–water partition coefficient (Wildman–Crippen LogP) is 3.43. The summed E-state index contributed by atoms with van der Waals surface area (Å²) in [5, 5.41) is 0. The first kappa shape index (κ1) is 23.0. The predicted molar refractivity (Wildman–Crippen MR) is 130 cm³/mol. The summed E-state index contributed by atoms with van der Waals surface area (Å²) in [5.41, 5.74) is 2.94. The van der Waals surface area contributed by atoms with Crippen molar-refractivity contribution >= 4 is 27.1 Å². The Morgan fingerprint density at radius 2 is 1.91 bits per heavy atom. The summed E-state index contributed by atoms with van der Waals surface area (Å²) < 4.78 is 33.2. The summed E-state index contributed by atoms with van der Waals surface area (Å²) in [6.07, 6.45) is 8.54. The van der Waals surface area contributed by atoms with Crippen LogP contribution in [-0.2, 0) is 10.0 Å². The zero-order valence-corrected chi connectivity index (χ0v) is 19.5. The number of benzene rings is 2. The fraction of sp³-hybridized carbons (Fsp3) is 0.160. The highest BCUT2D eigenvalue weighted by molar-refractivity contribution is 7.92. The minimum atomic E-state index is -3.55. The van der Waals surface area contributed by atoms with Crippen molar-refractivity contribution in [1.29, 1.82) is 0 Å². The van der Waals surface area contributed by atoms with Crippen molar-refractivity contribution in [2.24, 2.45) is 0 Å². The maximum absolute atomic E-state index is 13.1. The number of hydrogen-bond acceptors (Lipinski definition) is 6. The van der Waals surface area contributed by atoms with E-state index in [1.54, 1.807) is 73.2 Å². The van der Waals surface area contributed by atoms with Gasteiger partial charge in [0.1, 0.15) is 12.1 Å². The number of carbonyl (C=O) groups excluding carboxylic acids is 1. The minimum absolute atomic E-state index is 0.0725. The van der Waals surface area contributed by atoms with E-state index in [-0.39, 0.29) is 23.8 Å². The topological polar surface area (TPSA) is 93.9 Å². The van der Waals surface area contributed by atoms with Gasteiger partial charge < -0.3 is 4.74 Å². The van der Waals surface area contributed by atoms with Gasteiger partial charge in [-0.3, -0.25) is 13.5 Å². The molecule has 0 radical (unpaired) electrons. The zero-order valence-electron chi connectivity index (χ0n) is 18.7. The van der Waals surface area contributed by atoms with Gasteiger partial charge in [-0.25, -0.2) is 18.4 Å². The maximum Gasteiger partial charge on any atom is 0.235 e. The zero-order chi connectivity index (χ0) is 24.3. The lowest BCUT2D eigenvalue weighted by Gasteiger charge is -2.22. The van der Waals surface area contributed by atoms with Gasteiger partial charge in [0.2, 0.25) is 15.8 Å². The number of imidazole rings is 1. The molecule has 0 spiro atoms. The van der Waals surface area contributed by atoms with Crippen molar-refractivity contribution in [3.05, 3.63) is 78.4 Å². The summed E-state index contributed by atoms with van der Waals surface area (Å²) in [6, 6.07) is 15.6. The highest BCUT2D eigenvalue weighted by atomic mass is 32.2. The molecule has 2 aromatic heterocycles. The van der Waals surface area contributed by atoms with Crippen LogP contribution in [0.25, 0.3) is 16.9 Å². The Kier molecular flexibility index (Phi) is 6.34. The van der Waals surface area contributed by atoms with Crippen LogP contribution in [0.15, 0.2) is 67.1 Å². The van der Waals surface area contributed by atoms with E-state index >= 15 is 0 Å². The summed E-state index contributed by atoms with van der Waals surface area (Å²) in [6.45, 7) is 1.50. The standard InChI is InChI=1S/C25H22N4O4S/c1-4-15-29(34(31,32)5-2)20-8-6-7-19(16-20)22-13-14-26-25-23(27-17-28(22)25)24(30)18-9-11-21(33-3)12-10-18/h1,6-14,16-17H,5,15H2,2-3H3. The van der Waals surface area contributed by atoms with Crippen LogP contribution in [0.5, 0.6) is 5.75 Å².